The number of thioether (sulfide) groups is 1. The fourth-order valence-electron chi connectivity index (χ4n) is 1.48. The van der Waals surface area contributed by atoms with Crippen molar-refractivity contribution in [1.29, 1.82) is 0 Å². The molecule has 5 heteroatoms. The summed E-state index contributed by atoms with van der Waals surface area (Å²) in [4.78, 5) is 4.23. The highest BCUT2D eigenvalue weighted by Gasteiger charge is 2.01. The molecule has 0 radical (unpaired) electrons. The maximum atomic E-state index is 6.05. The number of pyridine rings is 1. The van der Waals surface area contributed by atoms with Crippen LogP contribution in [0, 0.1) is 0 Å². The van der Waals surface area contributed by atoms with Crippen molar-refractivity contribution in [3.8, 4) is 0 Å². The van der Waals surface area contributed by atoms with E-state index in [1.807, 2.05) is 17.8 Å². The number of nitrogens with zero attached hydrogens (tertiary/aromatic N) is 1. The van der Waals surface area contributed by atoms with Gasteiger partial charge in [-0.2, -0.15) is 11.8 Å². The summed E-state index contributed by atoms with van der Waals surface area (Å²) in [7, 11) is 0. The van der Waals surface area contributed by atoms with Gasteiger partial charge < -0.3 is 5.32 Å². The standard InChI is InChI=1S/C12H18BrClN2S/c1-17-7-5-3-2-4-6-15-12-11(14)8-10(13)9-16-12/h8-9H,2-7H2,1H3,(H,15,16). The number of hydrogen-bond donors (Lipinski definition) is 1. The van der Waals surface area contributed by atoms with Crippen molar-refractivity contribution in [2.24, 2.45) is 0 Å². The fourth-order valence-corrected chi connectivity index (χ4v) is 2.67. The third-order valence-electron chi connectivity index (χ3n) is 2.38. The summed E-state index contributed by atoms with van der Waals surface area (Å²) in [5.74, 6) is 2.05. The van der Waals surface area contributed by atoms with Crippen LogP contribution in [0.25, 0.3) is 0 Å². The fraction of sp³-hybridized carbons (Fsp3) is 0.583. The van der Waals surface area contributed by atoms with Crippen LogP contribution in [0.1, 0.15) is 25.7 Å². The Labute approximate surface area is 121 Å². The summed E-state index contributed by atoms with van der Waals surface area (Å²) in [6, 6.07) is 1.86. The molecular weight excluding hydrogens is 320 g/mol. The first-order valence-corrected chi connectivity index (χ1v) is 8.34. The van der Waals surface area contributed by atoms with Crippen LogP contribution in [0.3, 0.4) is 0 Å². The maximum Gasteiger partial charge on any atom is 0.144 e. The van der Waals surface area contributed by atoms with E-state index >= 15 is 0 Å². The van der Waals surface area contributed by atoms with E-state index in [0.29, 0.717) is 5.02 Å². The highest BCUT2D eigenvalue weighted by Crippen LogP contribution is 2.22. The molecule has 0 aliphatic carbocycles. The average Bonchev–Trinajstić information content (AvgIpc) is 2.30. The molecule has 0 aliphatic rings. The summed E-state index contributed by atoms with van der Waals surface area (Å²) in [6.07, 6.45) is 8.97. The van der Waals surface area contributed by atoms with Gasteiger partial charge in [0.15, 0.2) is 0 Å². The van der Waals surface area contributed by atoms with Crippen molar-refractivity contribution >= 4 is 45.1 Å². The van der Waals surface area contributed by atoms with Crippen LogP contribution in [-0.2, 0) is 0 Å². The van der Waals surface area contributed by atoms with Gasteiger partial charge in [0.25, 0.3) is 0 Å². The number of nitrogens with one attached hydrogen (secondary N) is 1. The minimum Gasteiger partial charge on any atom is -0.369 e. The first-order valence-electron chi connectivity index (χ1n) is 5.78. The van der Waals surface area contributed by atoms with Crippen molar-refractivity contribution in [2.75, 3.05) is 23.9 Å². The monoisotopic (exact) mass is 336 g/mol. The van der Waals surface area contributed by atoms with Gasteiger partial charge in [-0.3, -0.25) is 0 Å². The van der Waals surface area contributed by atoms with E-state index in [1.54, 1.807) is 6.20 Å². The molecule has 0 unspecified atom stereocenters. The lowest BCUT2D eigenvalue weighted by atomic mass is 10.2. The van der Waals surface area contributed by atoms with E-state index < -0.39 is 0 Å². The van der Waals surface area contributed by atoms with Crippen molar-refractivity contribution in [3.05, 3.63) is 21.8 Å². The molecule has 1 N–H and O–H groups in total. The molecule has 1 heterocycles. The van der Waals surface area contributed by atoms with Gasteiger partial charge in [-0.05, 0) is 46.8 Å². The number of halogens is 2. The molecule has 1 aromatic rings. The lowest BCUT2D eigenvalue weighted by molar-refractivity contribution is 0.688. The number of rotatable bonds is 8. The second kappa shape index (κ2) is 9.06. The molecule has 17 heavy (non-hydrogen) atoms. The third-order valence-corrected chi connectivity index (χ3v) is 3.79. The second-order valence-electron chi connectivity index (χ2n) is 3.82. The number of anilines is 1. The van der Waals surface area contributed by atoms with Gasteiger partial charge in [0.1, 0.15) is 5.82 Å². The Hall–Kier alpha value is 0.0700. The zero-order valence-electron chi connectivity index (χ0n) is 10.0. The Morgan fingerprint density at radius 3 is 2.82 bits per heavy atom. The number of unbranched alkanes of at least 4 members (excludes halogenated alkanes) is 3. The molecule has 0 bridgehead atoms. The molecule has 0 aliphatic heterocycles. The zero-order chi connectivity index (χ0) is 12.5. The van der Waals surface area contributed by atoms with Gasteiger partial charge in [0.2, 0.25) is 0 Å². The van der Waals surface area contributed by atoms with Gasteiger partial charge in [0, 0.05) is 17.2 Å². The Morgan fingerprint density at radius 1 is 1.35 bits per heavy atom. The topological polar surface area (TPSA) is 24.9 Å². The van der Waals surface area contributed by atoms with E-state index in [2.05, 4.69) is 32.5 Å². The molecule has 0 fully saturated rings. The molecule has 0 saturated carbocycles. The van der Waals surface area contributed by atoms with E-state index in [9.17, 15) is 0 Å². The van der Waals surface area contributed by atoms with Crippen molar-refractivity contribution in [3.63, 3.8) is 0 Å². The predicted octanol–water partition coefficient (Wildman–Crippen LogP) is 4.83. The van der Waals surface area contributed by atoms with Crippen LogP contribution < -0.4 is 5.32 Å². The van der Waals surface area contributed by atoms with Crippen LogP contribution in [0.4, 0.5) is 5.82 Å². The summed E-state index contributed by atoms with van der Waals surface area (Å²) in [5, 5.41) is 3.93. The largest absolute Gasteiger partial charge is 0.369 e. The maximum absolute atomic E-state index is 6.05. The van der Waals surface area contributed by atoms with Crippen LogP contribution in [0.15, 0.2) is 16.7 Å². The molecule has 0 amide bonds. The van der Waals surface area contributed by atoms with Crippen LogP contribution in [-0.4, -0.2) is 23.5 Å². The van der Waals surface area contributed by atoms with Crippen molar-refractivity contribution in [1.82, 2.24) is 4.98 Å². The first kappa shape index (κ1) is 15.1. The molecule has 0 saturated heterocycles. The minimum atomic E-state index is 0.668. The summed E-state index contributed by atoms with van der Waals surface area (Å²) < 4.78 is 0.908. The normalized spacial score (nSPS) is 10.5. The molecule has 2 nitrogen and oxygen atoms in total. The highest BCUT2D eigenvalue weighted by atomic mass is 79.9. The average molecular weight is 338 g/mol. The Bertz CT molecular complexity index is 336. The summed E-state index contributed by atoms with van der Waals surface area (Å²) in [5.41, 5.74) is 0. The molecule has 1 aromatic heterocycles. The lowest BCUT2D eigenvalue weighted by Gasteiger charge is -2.07. The molecule has 0 spiro atoms. The number of hydrogen-bond acceptors (Lipinski definition) is 3. The third kappa shape index (κ3) is 6.53. The van der Waals surface area contributed by atoms with Gasteiger partial charge in [-0.15, -0.1) is 0 Å². The van der Waals surface area contributed by atoms with E-state index in [-0.39, 0.29) is 0 Å². The van der Waals surface area contributed by atoms with E-state index in [1.165, 1.54) is 31.4 Å². The smallest absolute Gasteiger partial charge is 0.144 e. The van der Waals surface area contributed by atoms with E-state index in [4.69, 9.17) is 11.6 Å². The molecular formula is C12H18BrClN2S. The summed E-state index contributed by atoms with van der Waals surface area (Å²) in [6.45, 7) is 0.938. The van der Waals surface area contributed by atoms with Crippen LogP contribution in [0.2, 0.25) is 5.02 Å². The highest BCUT2D eigenvalue weighted by molar-refractivity contribution is 9.10. The Balaban J connectivity index is 2.14. The molecule has 1 rings (SSSR count). The van der Waals surface area contributed by atoms with Crippen molar-refractivity contribution in [2.45, 2.75) is 25.7 Å². The van der Waals surface area contributed by atoms with Gasteiger partial charge in [-0.25, -0.2) is 4.98 Å². The molecule has 0 aromatic carbocycles. The minimum absolute atomic E-state index is 0.668. The predicted molar refractivity (Wildman–Crippen MR) is 82.3 cm³/mol. The Morgan fingerprint density at radius 2 is 2.12 bits per heavy atom. The number of aromatic nitrogens is 1. The molecule has 0 atom stereocenters. The summed E-state index contributed by atoms with van der Waals surface area (Å²) >= 11 is 11.3. The van der Waals surface area contributed by atoms with Crippen molar-refractivity contribution < 1.29 is 0 Å². The Kier molecular flexibility index (Phi) is 8.06. The molecule has 96 valence electrons. The van der Waals surface area contributed by atoms with Crippen LogP contribution in [0.5, 0.6) is 0 Å². The van der Waals surface area contributed by atoms with E-state index in [0.717, 1.165) is 16.8 Å². The second-order valence-corrected chi connectivity index (χ2v) is 6.13. The van der Waals surface area contributed by atoms with Gasteiger partial charge >= 0.3 is 0 Å². The SMILES string of the molecule is CSCCCCCCNc1ncc(Br)cc1Cl. The first-order chi connectivity index (χ1) is 8.24. The van der Waals surface area contributed by atoms with Crippen LogP contribution >= 0.6 is 39.3 Å². The zero-order valence-corrected chi connectivity index (χ0v) is 13.2. The van der Waals surface area contributed by atoms with Gasteiger partial charge in [-0.1, -0.05) is 24.4 Å². The quantitative estimate of drug-likeness (QED) is 0.688. The lowest BCUT2D eigenvalue weighted by Crippen LogP contribution is -2.03. The van der Waals surface area contributed by atoms with Gasteiger partial charge in [0.05, 0.1) is 5.02 Å².